The molecule has 4 atom stereocenters. The number of likely N-dealkylation sites (tertiary alicyclic amines) is 1. The second-order valence-corrected chi connectivity index (χ2v) is 10.8. The fourth-order valence-corrected chi connectivity index (χ4v) is 7.53. The molecule has 9 heteroatoms. The van der Waals surface area contributed by atoms with E-state index in [1.807, 2.05) is 13.0 Å². The molecule has 3 aliphatic carbocycles. The summed E-state index contributed by atoms with van der Waals surface area (Å²) in [7, 11) is 0. The number of fused-ring (bicyclic) bond motifs is 3. The van der Waals surface area contributed by atoms with Crippen LogP contribution in [0.1, 0.15) is 54.5 Å². The number of nitrogens with one attached hydrogen (secondary N) is 2. The van der Waals surface area contributed by atoms with Crippen LogP contribution in [0.4, 0.5) is 0 Å². The van der Waals surface area contributed by atoms with Gasteiger partial charge in [0, 0.05) is 53.2 Å². The van der Waals surface area contributed by atoms with Gasteiger partial charge in [-0.25, -0.2) is 4.52 Å². The third kappa shape index (κ3) is 2.31. The summed E-state index contributed by atoms with van der Waals surface area (Å²) < 4.78 is 1.22. The first-order chi connectivity index (χ1) is 16.2. The molecule has 2 aromatic heterocycles. The van der Waals surface area contributed by atoms with Crippen LogP contribution in [0.5, 0.6) is 11.5 Å². The third-order valence-electron chi connectivity index (χ3n) is 9.25. The van der Waals surface area contributed by atoms with Crippen LogP contribution in [-0.4, -0.2) is 59.5 Å². The Morgan fingerprint density at radius 2 is 2.00 bits per heavy atom. The van der Waals surface area contributed by atoms with Gasteiger partial charge in [0.1, 0.15) is 5.65 Å². The molecule has 7 rings (SSSR count). The number of phenols is 2. The van der Waals surface area contributed by atoms with E-state index >= 15 is 0 Å². The minimum atomic E-state index is -1.32. The minimum absolute atomic E-state index is 0.110. The molecule has 2 fully saturated rings. The molecule has 1 aromatic carbocycles. The van der Waals surface area contributed by atoms with Gasteiger partial charge in [-0.05, 0) is 49.8 Å². The van der Waals surface area contributed by atoms with E-state index in [2.05, 4.69) is 15.0 Å². The van der Waals surface area contributed by atoms with Crippen molar-refractivity contribution in [2.24, 2.45) is 5.92 Å². The Hall–Kier alpha value is -3.04. The van der Waals surface area contributed by atoms with Crippen molar-refractivity contribution in [1.82, 2.24) is 19.5 Å². The lowest BCUT2D eigenvalue weighted by atomic mass is 9.46. The maximum atomic E-state index is 13.5. The quantitative estimate of drug-likeness (QED) is 0.361. The van der Waals surface area contributed by atoms with Gasteiger partial charge in [-0.3, -0.25) is 19.6 Å². The Bertz CT molecular complexity index is 1480. The van der Waals surface area contributed by atoms with Crippen LogP contribution in [0.25, 0.3) is 5.65 Å². The summed E-state index contributed by atoms with van der Waals surface area (Å²) in [5.41, 5.74) is 0.132. The number of aromatic amines is 2. The van der Waals surface area contributed by atoms with Crippen molar-refractivity contribution in [3.8, 4) is 11.5 Å². The molecule has 3 aromatic rings. The van der Waals surface area contributed by atoms with Gasteiger partial charge in [0.25, 0.3) is 11.1 Å². The van der Waals surface area contributed by atoms with Gasteiger partial charge in [-0.15, -0.1) is 0 Å². The van der Waals surface area contributed by atoms with Crippen molar-refractivity contribution in [2.75, 3.05) is 13.1 Å². The van der Waals surface area contributed by atoms with Gasteiger partial charge >= 0.3 is 0 Å². The number of hydrogen-bond donors (Lipinski definition) is 5. The summed E-state index contributed by atoms with van der Waals surface area (Å²) in [6, 6.07) is 4.52. The molecular weight excluding hydrogens is 436 g/mol. The van der Waals surface area contributed by atoms with Gasteiger partial charge < -0.3 is 20.3 Å². The first kappa shape index (κ1) is 20.3. The second-order valence-electron chi connectivity index (χ2n) is 10.8. The number of rotatable bonds is 2. The zero-order valence-electron chi connectivity index (χ0n) is 19.0. The summed E-state index contributed by atoms with van der Waals surface area (Å²) in [5.74, 6) is -0.0941. The molecule has 3 heterocycles. The molecule has 9 nitrogen and oxygen atoms in total. The average Bonchev–Trinajstić information content (AvgIpc) is 3.53. The molecule has 1 saturated heterocycles. The number of aromatic nitrogens is 3. The van der Waals surface area contributed by atoms with Crippen LogP contribution in [0, 0.1) is 5.92 Å². The van der Waals surface area contributed by atoms with Crippen molar-refractivity contribution < 1.29 is 15.3 Å². The molecule has 0 radical (unpaired) electrons. The summed E-state index contributed by atoms with van der Waals surface area (Å²) in [6.45, 7) is 3.67. The highest BCUT2D eigenvalue weighted by molar-refractivity contribution is 5.61. The van der Waals surface area contributed by atoms with Gasteiger partial charge in [0.2, 0.25) is 0 Å². The number of nitrogens with zero attached hydrogens (tertiary/aromatic N) is 2. The largest absolute Gasteiger partial charge is 0.504 e. The van der Waals surface area contributed by atoms with Crippen molar-refractivity contribution in [3.05, 3.63) is 61.3 Å². The monoisotopic (exact) mass is 464 g/mol. The number of H-pyrrole nitrogens is 2. The number of piperidine rings is 1. The molecule has 0 spiro atoms. The first-order valence-corrected chi connectivity index (χ1v) is 12.1. The summed E-state index contributed by atoms with van der Waals surface area (Å²) in [6.07, 6.45) is 3.64. The zero-order chi connectivity index (χ0) is 23.6. The SMILES string of the molecule is C[C@H]1c2[nH]c3cc(=O)[nH]n3c(=O)c2C[C@@]2(O)[C@H]3Cc4ccc(O)c(O)c4[C@@]12CCN3CC1CC1. The summed E-state index contributed by atoms with van der Waals surface area (Å²) in [5, 5.41) is 36.8. The lowest BCUT2D eigenvalue weighted by Crippen LogP contribution is -2.75. The first-order valence-electron chi connectivity index (χ1n) is 12.1. The molecule has 2 bridgehead atoms. The van der Waals surface area contributed by atoms with E-state index in [0.29, 0.717) is 41.2 Å². The van der Waals surface area contributed by atoms with Crippen LogP contribution in [-0.2, 0) is 18.3 Å². The Kier molecular flexibility index (Phi) is 3.79. The van der Waals surface area contributed by atoms with Crippen molar-refractivity contribution in [1.29, 1.82) is 0 Å². The number of benzene rings is 1. The zero-order valence-corrected chi connectivity index (χ0v) is 19.0. The number of phenolic OH excluding ortho intramolecular Hbond substituents is 2. The van der Waals surface area contributed by atoms with Crippen LogP contribution >= 0.6 is 0 Å². The van der Waals surface area contributed by atoms with E-state index in [9.17, 15) is 24.9 Å². The van der Waals surface area contributed by atoms with Crippen LogP contribution in [0.2, 0.25) is 0 Å². The maximum absolute atomic E-state index is 13.5. The minimum Gasteiger partial charge on any atom is -0.504 e. The van der Waals surface area contributed by atoms with Crippen molar-refractivity contribution >= 4 is 5.65 Å². The molecular formula is C25H28N4O5. The van der Waals surface area contributed by atoms with E-state index in [4.69, 9.17) is 0 Å². The molecule has 1 saturated carbocycles. The topological polar surface area (TPSA) is 134 Å². The van der Waals surface area contributed by atoms with Gasteiger partial charge in [-0.2, -0.15) is 0 Å². The molecule has 1 aliphatic heterocycles. The van der Waals surface area contributed by atoms with Crippen LogP contribution in [0.3, 0.4) is 0 Å². The average molecular weight is 465 g/mol. The van der Waals surface area contributed by atoms with E-state index < -0.39 is 11.0 Å². The Morgan fingerprint density at radius 3 is 2.76 bits per heavy atom. The number of aromatic hydroxyl groups is 2. The third-order valence-corrected chi connectivity index (χ3v) is 9.25. The van der Waals surface area contributed by atoms with Gasteiger partial charge in [0.05, 0.1) is 5.60 Å². The molecule has 178 valence electrons. The lowest BCUT2D eigenvalue weighted by Gasteiger charge is -2.65. The smallest absolute Gasteiger partial charge is 0.276 e. The summed E-state index contributed by atoms with van der Waals surface area (Å²) >= 11 is 0. The predicted molar refractivity (Wildman–Crippen MR) is 124 cm³/mol. The maximum Gasteiger partial charge on any atom is 0.276 e. The Balaban J connectivity index is 1.53. The molecule has 5 N–H and O–H groups in total. The van der Waals surface area contributed by atoms with Crippen LogP contribution < -0.4 is 11.1 Å². The van der Waals surface area contributed by atoms with Gasteiger partial charge in [-0.1, -0.05) is 13.0 Å². The Morgan fingerprint density at radius 1 is 1.21 bits per heavy atom. The fourth-order valence-electron chi connectivity index (χ4n) is 7.53. The standard InChI is InChI=1S/C25H28N4O5/c1-12-21-15(23(33)29-18(26-21)9-19(31)27-29)10-25(34)17-8-14-4-5-16(30)22(32)20(14)24(12,25)6-7-28(17)11-13-2-3-13/h4-5,9,12-13,17,26,30,32,34H,2-3,6-8,10-11H2,1H3,(H,27,31)/t12-,17+,24+,25+/m0/s1. The van der Waals surface area contributed by atoms with Crippen LogP contribution in [0.15, 0.2) is 27.8 Å². The summed E-state index contributed by atoms with van der Waals surface area (Å²) in [4.78, 5) is 31.1. The number of hydrogen-bond acceptors (Lipinski definition) is 6. The second kappa shape index (κ2) is 6.34. The molecule has 0 unspecified atom stereocenters. The van der Waals surface area contributed by atoms with E-state index in [1.165, 1.54) is 29.5 Å². The lowest BCUT2D eigenvalue weighted by molar-refractivity contribution is -0.160. The number of aliphatic hydroxyl groups is 1. The normalized spacial score (nSPS) is 32.3. The van der Waals surface area contributed by atoms with E-state index in [0.717, 1.165) is 18.7 Å². The predicted octanol–water partition coefficient (Wildman–Crippen LogP) is 1.10. The highest BCUT2D eigenvalue weighted by Crippen LogP contribution is 2.63. The highest BCUT2D eigenvalue weighted by atomic mass is 16.3. The molecule has 0 amide bonds. The Labute approximate surface area is 194 Å². The molecule has 34 heavy (non-hydrogen) atoms. The highest BCUT2D eigenvalue weighted by Gasteiger charge is 2.68. The van der Waals surface area contributed by atoms with Crippen molar-refractivity contribution in [2.45, 2.75) is 62.0 Å². The van der Waals surface area contributed by atoms with Gasteiger partial charge in [0.15, 0.2) is 11.5 Å². The fraction of sp³-hybridized carbons (Fsp3) is 0.520. The van der Waals surface area contributed by atoms with E-state index in [-0.39, 0.29) is 41.0 Å². The van der Waals surface area contributed by atoms with E-state index in [1.54, 1.807) is 0 Å². The molecule has 4 aliphatic rings. The van der Waals surface area contributed by atoms with Crippen molar-refractivity contribution in [3.63, 3.8) is 0 Å².